The van der Waals surface area contributed by atoms with E-state index in [0.29, 0.717) is 12.4 Å². The van der Waals surface area contributed by atoms with Crippen LogP contribution in [0.25, 0.3) is 0 Å². The summed E-state index contributed by atoms with van der Waals surface area (Å²) in [5.74, 6) is -0.0438. The van der Waals surface area contributed by atoms with Crippen LogP contribution in [0, 0.1) is 5.82 Å². The number of hydrogen-bond donors (Lipinski definition) is 1. The molecule has 0 bridgehead atoms. The second kappa shape index (κ2) is 4.42. The smallest absolute Gasteiger partial charge is 0.165 e. The van der Waals surface area contributed by atoms with E-state index in [-0.39, 0.29) is 17.8 Å². The molecule has 0 aromatic heterocycles. The highest BCUT2D eigenvalue weighted by Gasteiger charge is 2.38. The van der Waals surface area contributed by atoms with Crippen molar-refractivity contribution in [2.75, 3.05) is 13.2 Å². The topological polar surface area (TPSA) is 29.5 Å². The fraction of sp³-hybridized carbons (Fsp3) is 0.538. The Kier molecular flexibility index (Phi) is 3.15. The van der Waals surface area contributed by atoms with Gasteiger partial charge in [-0.15, -0.1) is 0 Å². The highest BCUT2D eigenvalue weighted by molar-refractivity contribution is 5.35. The van der Waals surface area contributed by atoms with Crippen LogP contribution < -0.4 is 4.74 Å². The Morgan fingerprint density at radius 2 is 2.19 bits per heavy atom. The van der Waals surface area contributed by atoms with Gasteiger partial charge in [0.15, 0.2) is 11.6 Å². The number of aliphatic hydroxyl groups is 1. The number of halogens is 1. The molecule has 1 aliphatic carbocycles. The normalized spacial score (nSPS) is 17.9. The third-order valence-corrected chi connectivity index (χ3v) is 3.46. The highest BCUT2D eigenvalue weighted by atomic mass is 19.1. The summed E-state index contributed by atoms with van der Waals surface area (Å²) >= 11 is 0. The zero-order valence-electron chi connectivity index (χ0n) is 9.50. The summed E-state index contributed by atoms with van der Waals surface area (Å²) in [6, 6.07) is 5.02. The molecule has 88 valence electrons. The summed E-state index contributed by atoms with van der Waals surface area (Å²) in [7, 11) is 0. The van der Waals surface area contributed by atoms with Crippen molar-refractivity contribution in [3.8, 4) is 5.75 Å². The maximum Gasteiger partial charge on any atom is 0.165 e. The molecule has 0 amide bonds. The number of benzene rings is 1. The van der Waals surface area contributed by atoms with Crippen LogP contribution >= 0.6 is 0 Å². The Morgan fingerprint density at radius 1 is 1.44 bits per heavy atom. The Bertz CT molecular complexity index is 367. The molecule has 1 saturated carbocycles. The van der Waals surface area contributed by atoms with Crippen molar-refractivity contribution < 1.29 is 14.2 Å². The number of ether oxygens (including phenoxy) is 1. The molecule has 0 aliphatic heterocycles. The summed E-state index contributed by atoms with van der Waals surface area (Å²) in [6.07, 6.45) is 2.99. The molecule has 1 N–H and O–H groups in total. The SMILES string of the molecule is CCOc1ccc(C2(CO)CCC2)cc1F. The van der Waals surface area contributed by atoms with Gasteiger partial charge in [0, 0.05) is 5.41 Å². The molecule has 1 aromatic carbocycles. The lowest BCUT2D eigenvalue weighted by atomic mass is 9.65. The second-order valence-corrected chi connectivity index (χ2v) is 4.37. The minimum absolute atomic E-state index is 0.0976. The predicted octanol–water partition coefficient (Wildman–Crippen LogP) is 2.64. The van der Waals surface area contributed by atoms with Crippen molar-refractivity contribution in [3.05, 3.63) is 29.6 Å². The molecule has 0 radical (unpaired) electrons. The average molecular weight is 224 g/mol. The second-order valence-electron chi connectivity index (χ2n) is 4.37. The maximum atomic E-state index is 13.7. The summed E-state index contributed by atoms with van der Waals surface area (Å²) in [5.41, 5.74) is 0.688. The molecule has 0 unspecified atom stereocenters. The van der Waals surface area contributed by atoms with Crippen LogP contribution in [-0.2, 0) is 5.41 Å². The van der Waals surface area contributed by atoms with Crippen LogP contribution in [0.5, 0.6) is 5.75 Å². The highest BCUT2D eigenvalue weighted by Crippen LogP contribution is 2.43. The van der Waals surface area contributed by atoms with Gasteiger partial charge in [-0.1, -0.05) is 12.5 Å². The molecular weight excluding hydrogens is 207 g/mol. The molecule has 0 spiro atoms. The third-order valence-electron chi connectivity index (χ3n) is 3.46. The van der Waals surface area contributed by atoms with E-state index in [1.54, 1.807) is 6.07 Å². The van der Waals surface area contributed by atoms with E-state index in [9.17, 15) is 9.50 Å². The van der Waals surface area contributed by atoms with E-state index in [1.165, 1.54) is 6.07 Å². The Labute approximate surface area is 95.1 Å². The molecule has 1 aromatic rings. The summed E-state index contributed by atoms with van der Waals surface area (Å²) in [4.78, 5) is 0. The quantitative estimate of drug-likeness (QED) is 0.852. The monoisotopic (exact) mass is 224 g/mol. The van der Waals surface area contributed by atoms with Crippen LogP contribution in [0.1, 0.15) is 31.7 Å². The van der Waals surface area contributed by atoms with Crippen molar-refractivity contribution in [2.24, 2.45) is 0 Å². The van der Waals surface area contributed by atoms with Gasteiger partial charge >= 0.3 is 0 Å². The largest absolute Gasteiger partial charge is 0.491 e. The van der Waals surface area contributed by atoms with Crippen LogP contribution in [0.4, 0.5) is 4.39 Å². The van der Waals surface area contributed by atoms with E-state index in [4.69, 9.17) is 4.74 Å². The van der Waals surface area contributed by atoms with E-state index < -0.39 is 0 Å². The average Bonchev–Trinajstić information content (AvgIpc) is 2.21. The molecule has 2 nitrogen and oxygen atoms in total. The number of rotatable bonds is 4. The molecular formula is C13H17FO2. The minimum atomic E-state index is -0.334. The zero-order chi connectivity index (χ0) is 11.6. The van der Waals surface area contributed by atoms with Crippen LogP contribution in [-0.4, -0.2) is 18.3 Å². The van der Waals surface area contributed by atoms with Crippen molar-refractivity contribution in [2.45, 2.75) is 31.6 Å². The fourth-order valence-corrected chi connectivity index (χ4v) is 2.24. The predicted molar refractivity (Wildman–Crippen MR) is 60.2 cm³/mol. The van der Waals surface area contributed by atoms with Gasteiger partial charge < -0.3 is 9.84 Å². The molecule has 0 heterocycles. The zero-order valence-corrected chi connectivity index (χ0v) is 9.50. The molecule has 0 saturated heterocycles. The number of aliphatic hydroxyl groups excluding tert-OH is 1. The summed E-state index contributed by atoms with van der Waals surface area (Å²) in [6.45, 7) is 2.39. The lowest BCUT2D eigenvalue weighted by Gasteiger charge is -2.40. The van der Waals surface area contributed by atoms with Crippen molar-refractivity contribution in [1.29, 1.82) is 0 Å². The van der Waals surface area contributed by atoms with Gasteiger partial charge in [0.25, 0.3) is 0 Å². The molecule has 2 rings (SSSR count). The van der Waals surface area contributed by atoms with Gasteiger partial charge in [-0.25, -0.2) is 4.39 Å². The lowest BCUT2D eigenvalue weighted by Crippen LogP contribution is -2.37. The third kappa shape index (κ3) is 1.80. The Balaban J connectivity index is 2.26. The van der Waals surface area contributed by atoms with Gasteiger partial charge in [0.05, 0.1) is 13.2 Å². The van der Waals surface area contributed by atoms with E-state index in [1.807, 2.05) is 13.0 Å². The van der Waals surface area contributed by atoms with Crippen molar-refractivity contribution in [1.82, 2.24) is 0 Å². The molecule has 3 heteroatoms. The fourth-order valence-electron chi connectivity index (χ4n) is 2.24. The van der Waals surface area contributed by atoms with Crippen LogP contribution in [0.2, 0.25) is 0 Å². The maximum absolute atomic E-state index is 13.7. The Morgan fingerprint density at radius 3 is 2.62 bits per heavy atom. The molecule has 1 aliphatic rings. The minimum Gasteiger partial charge on any atom is -0.491 e. The van der Waals surface area contributed by atoms with E-state index in [0.717, 1.165) is 24.8 Å². The lowest BCUT2D eigenvalue weighted by molar-refractivity contribution is 0.120. The van der Waals surface area contributed by atoms with Crippen molar-refractivity contribution >= 4 is 0 Å². The van der Waals surface area contributed by atoms with Gasteiger partial charge in [-0.05, 0) is 37.5 Å². The van der Waals surface area contributed by atoms with Gasteiger partial charge in [0.2, 0.25) is 0 Å². The first-order valence-corrected chi connectivity index (χ1v) is 5.75. The van der Waals surface area contributed by atoms with Crippen molar-refractivity contribution in [3.63, 3.8) is 0 Å². The first-order chi connectivity index (χ1) is 7.72. The Hall–Kier alpha value is -1.09. The number of hydrogen-bond acceptors (Lipinski definition) is 2. The standard InChI is InChI=1S/C13H17FO2/c1-2-16-12-5-4-10(8-11(12)14)13(9-15)6-3-7-13/h4-5,8,15H,2-3,6-7,9H2,1H3. The van der Waals surface area contributed by atoms with Crippen LogP contribution in [0.15, 0.2) is 18.2 Å². The van der Waals surface area contributed by atoms with Gasteiger partial charge in [0.1, 0.15) is 0 Å². The summed E-state index contributed by atoms with van der Waals surface area (Å²) in [5, 5.41) is 9.40. The summed E-state index contributed by atoms with van der Waals surface area (Å²) < 4.78 is 18.8. The molecule has 0 atom stereocenters. The van der Waals surface area contributed by atoms with Crippen LogP contribution in [0.3, 0.4) is 0 Å². The van der Waals surface area contributed by atoms with Gasteiger partial charge in [-0.2, -0.15) is 0 Å². The van der Waals surface area contributed by atoms with E-state index in [2.05, 4.69) is 0 Å². The van der Waals surface area contributed by atoms with E-state index >= 15 is 0 Å². The first-order valence-electron chi connectivity index (χ1n) is 5.75. The molecule has 16 heavy (non-hydrogen) atoms. The molecule has 1 fully saturated rings. The first kappa shape index (κ1) is 11.4. The van der Waals surface area contributed by atoms with Gasteiger partial charge in [-0.3, -0.25) is 0 Å².